The third-order valence-corrected chi connectivity index (χ3v) is 8.52. The van der Waals surface area contributed by atoms with E-state index in [0.29, 0.717) is 18.2 Å². The van der Waals surface area contributed by atoms with Gasteiger partial charge in [-0.25, -0.2) is 31.0 Å². The molecular formula is C28H26F4N6O4S. The molecule has 10 nitrogen and oxygen atoms in total. The topological polar surface area (TPSA) is 127 Å². The van der Waals surface area contributed by atoms with Gasteiger partial charge in [-0.05, 0) is 17.7 Å². The Morgan fingerprint density at radius 3 is 2.51 bits per heavy atom. The van der Waals surface area contributed by atoms with Gasteiger partial charge in [0.2, 0.25) is 16.0 Å². The Balaban J connectivity index is 1.38. The van der Waals surface area contributed by atoms with E-state index in [1.54, 1.807) is 22.9 Å². The minimum atomic E-state index is -4.32. The van der Waals surface area contributed by atoms with Crippen molar-refractivity contribution in [1.82, 2.24) is 19.9 Å². The highest BCUT2D eigenvalue weighted by atomic mass is 32.2. The fraction of sp³-hybridized carbons (Fsp3) is 0.321. The molecule has 0 amide bonds. The van der Waals surface area contributed by atoms with Crippen molar-refractivity contribution in [1.29, 1.82) is 0 Å². The van der Waals surface area contributed by atoms with Crippen LogP contribution in [0, 0.1) is 17.5 Å². The minimum absolute atomic E-state index is 0.143. The molecule has 226 valence electrons. The number of anilines is 2. The van der Waals surface area contributed by atoms with E-state index >= 15 is 13.2 Å². The SMILES string of the molecule is O=c1c(-c2cc(F)c(NS(=O)(=O)Cc3ccccc3)c(F)c2F)cc2cnc(N[C@@H]3CNC[C@@H](F)C3)nc2n1C1COC1. The van der Waals surface area contributed by atoms with Gasteiger partial charge in [0.05, 0.1) is 30.6 Å². The average molecular weight is 619 g/mol. The van der Waals surface area contributed by atoms with Gasteiger partial charge in [0.15, 0.2) is 17.5 Å². The molecule has 0 bridgehead atoms. The first-order valence-electron chi connectivity index (χ1n) is 13.4. The van der Waals surface area contributed by atoms with E-state index in [0.717, 1.165) is 0 Å². The lowest BCUT2D eigenvalue weighted by Gasteiger charge is -2.30. The second kappa shape index (κ2) is 11.5. The quantitative estimate of drug-likeness (QED) is 0.202. The fourth-order valence-electron chi connectivity index (χ4n) is 5.15. The van der Waals surface area contributed by atoms with Gasteiger partial charge in [-0.2, -0.15) is 4.98 Å². The zero-order valence-corrected chi connectivity index (χ0v) is 23.3. The van der Waals surface area contributed by atoms with Gasteiger partial charge in [-0.15, -0.1) is 0 Å². The van der Waals surface area contributed by atoms with E-state index in [4.69, 9.17) is 4.74 Å². The van der Waals surface area contributed by atoms with Crippen molar-refractivity contribution in [2.75, 3.05) is 36.3 Å². The maximum Gasteiger partial charge on any atom is 0.260 e. The van der Waals surface area contributed by atoms with Crippen molar-refractivity contribution >= 4 is 32.7 Å². The molecule has 0 aliphatic carbocycles. The van der Waals surface area contributed by atoms with Gasteiger partial charge >= 0.3 is 0 Å². The lowest BCUT2D eigenvalue weighted by atomic mass is 10.0. The average Bonchev–Trinajstić information content (AvgIpc) is 2.94. The Morgan fingerprint density at radius 2 is 1.81 bits per heavy atom. The van der Waals surface area contributed by atoms with Crippen LogP contribution in [0.3, 0.4) is 0 Å². The molecule has 15 heteroatoms. The number of hydrogen-bond acceptors (Lipinski definition) is 8. The molecule has 2 aromatic carbocycles. The van der Waals surface area contributed by atoms with Crippen LogP contribution < -0.4 is 20.9 Å². The van der Waals surface area contributed by atoms with Gasteiger partial charge in [0.1, 0.15) is 17.5 Å². The number of benzene rings is 2. The molecule has 2 aliphatic heterocycles. The number of nitrogens with zero attached hydrogens (tertiary/aromatic N) is 3. The number of pyridine rings is 1. The molecule has 2 fully saturated rings. The molecule has 2 aliphatic rings. The highest BCUT2D eigenvalue weighted by Gasteiger charge is 2.30. The lowest BCUT2D eigenvalue weighted by Crippen LogP contribution is -2.44. The van der Waals surface area contributed by atoms with Crippen LogP contribution in [0.5, 0.6) is 0 Å². The van der Waals surface area contributed by atoms with Crippen LogP contribution in [0.1, 0.15) is 18.0 Å². The summed E-state index contributed by atoms with van der Waals surface area (Å²) >= 11 is 0. The third-order valence-electron chi connectivity index (χ3n) is 7.29. The number of ether oxygens (including phenoxy) is 1. The van der Waals surface area contributed by atoms with Crippen molar-refractivity contribution in [3.63, 3.8) is 0 Å². The first kappa shape index (κ1) is 29.0. The van der Waals surface area contributed by atoms with Crippen molar-refractivity contribution in [3.05, 3.63) is 82.0 Å². The molecule has 0 unspecified atom stereocenters. The number of fused-ring (bicyclic) bond motifs is 1. The number of aromatic nitrogens is 3. The van der Waals surface area contributed by atoms with E-state index in [2.05, 4.69) is 20.6 Å². The molecule has 0 spiro atoms. The van der Waals surface area contributed by atoms with E-state index in [-0.39, 0.29) is 54.8 Å². The predicted molar refractivity (Wildman–Crippen MR) is 151 cm³/mol. The Bertz CT molecular complexity index is 1850. The summed E-state index contributed by atoms with van der Waals surface area (Å²) in [5.74, 6) is -5.28. The van der Waals surface area contributed by atoms with E-state index in [9.17, 15) is 17.6 Å². The Kier molecular flexibility index (Phi) is 7.79. The van der Waals surface area contributed by atoms with E-state index in [1.807, 2.05) is 0 Å². The Morgan fingerprint density at radius 1 is 1.05 bits per heavy atom. The summed E-state index contributed by atoms with van der Waals surface area (Å²) in [5, 5.41) is 6.28. The summed E-state index contributed by atoms with van der Waals surface area (Å²) in [6.45, 7) is 1.03. The number of alkyl halides is 1. The summed E-state index contributed by atoms with van der Waals surface area (Å²) in [6, 6.07) is 8.91. The van der Waals surface area contributed by atoms with Crippen LogP contribution in [-0.4, -0.2) is 61.5 Å². The molecule has 0 saturated carbocycles. The number of hydrogen-bond donors (Lipinski definition) is 3. The molecule has 0 radical (unpaired) electrons. The monoisotopic (exact) mass is 618 g/mol. The second-order valence-electron chi connectivity index (χ2n) is 10.5. The van der Waals surface area contributed by atoms with Gasteiger partial charge in [0.25, 0.3) is 5.56 Å². The van der Waals surface area contributed by atoms with Crippen LogP contribution in [0.2, 0.25) is 0 Å². The second-order valence-corrected chi connectivity index (χ2v) is 12.2. The summed E-state index contributed by atoms with van der Waals surface area (Å²) < 4.78 is 93.2. The van der Waals surface area contributed by atoms with Crippen LogP contribution in [0.15, 0.2) is 53.5 Å². The summed E-state index contributed by atoms with van der Waals surface area (Å²) in [7, 11) is -4.32. The molecule has 4 heterocycles. The molecule has 6 rings (SSSR count). The highest BCUT2D eigenvalue weighted by molar-refractivity contribution is 7.91. The summed E-state index contributed by atoms with van der Waals surface area (Å²) in [4.78, 5) is 22.4. The van der Waals surface area contributed by atoms with Gasteiger partial charge in [-0.1, -0.05) is 30.3 Å². The van der Waals surface area contributed by atoms with Crippen LogP contribution in [0.4, 0.5) is 29.2 Å². The molecule has 2 saturated heterocycles. The molecule has 2 aromatic heterocycles. The summed E-state index contributed by atoms with van der Waals surface area (Å²) in [5.41, 5.74) is -2.54. The van der Waals surface area contributed by atoms with Crippen molar-refractivity contribution < 1.29 is 30.7 Å². The van der Waals surface area contributed by atoms with Crippen molar-refractivity contribution in [2.24, 2.45) is 0 Å². The third kappa shape index (κ3) is 5.92. The highest BCUT2D eigenvalue weighted by Crippen LogP contribution is 2.33. The van der Waals surface area contributed by atoms with Gasteiger partial charge < -0.3 is 15.4 Å². The normalized spacial score (nSPS) is 19.3. The van der Waals surface area contributed by atoms with Crippen LogP contribution in [0.25, 0.3) is 22.2 Å². The Labute approximate surface area is 243 Å². The lowest BCUT2D eigenvalue weighted by molar-refractivity contribution is -0.0230. The molecular weight excluding hydrogens is 592 g/mol. The summed E-state index contributed by atoms with van der Waals surface area (Å²) in [6.07, 6.45) is 0.565. The standard InChI is InChI=1S/C28H26F4N6O4S/c29-17-7-18(11-33-10-17)35-28-34-9-16-6-21(27(39)38(26(16)36-28)19-12-42-13-19)20-8-22(30)25(24(32)23(20)31)37-43(40,41)14-15-4-2-1-3-5-15/h1-6,8-9,17-19,33,37H,7,10-14H2,(H,34,35,36)/t17-,18-/m0/s1. The number of piperidine rings is 1. The van der Waals surface area contributed by atoms with Crippen LogP contribution in [-0.2, 0) is 20.5 Å². The van der Waals surface area contributed by atoms with Gasteiger partial charge in [0, 0.05) is 42.7 Å². The minimum Gasteiger partial charge on any atom is -0.377 e. The number of rotatable bonds is 8. The predicted octanol–water partition coefficient (Wildman–Crippen LogP) is 3.50. The number of halogens is 4. The number of sulfonamides is 1. The molecule has 43 heavy (non-hydrogen) atoms. The smallest absolute Gasteiger partial charge is 0.260 e. The van der Waals surface area contributed by atoms with Crippen molar-refractivity contribution in [2.45, 2.75) is 30.4 Å². The largest absolute Gasteiger partial charge is 0.377 e. The molecule has 4 aromatic rings. The molecule has 2 atom stereocenters. The van der Waals surface area contributed by atoms with E-state index < -0.39 is 62.3 Å². The first-order valence-corrected chi connectivity index (χ1v) is 15.1. The zero-order valence-electron chi connectivity index (χ0n) is 22.5. The van der Waals surface area contributed by atoms with E-state index in [1.165, 1.54) is 29.0 Å². The first-order chi connectivity index (χ1) is 20.6. The Hall–Kier alpha value is -4.08. The van der Waals surface area contributed by atoms with Gasteiger partial charge in [-0.3, -0.25) is 14.1 Å². The molecule has 3 N–H and O–H groups in total. The van der Waals surface area contributed by atoms with Crippen molar-refractivity contribution in [3.8, 4) is 11.1 Å². The number of nitrogens with one attached hydrogen (secondary N) is 3. The maximum atomic E-state index is 15.5. The maximum absolute atomic E-state index is 15.5. The van der Waals surface area contributed by atoms with Crippen LogP contribution >= 0.6 is 0 Å². The fourth-order valence-corrected chi connectivity index (χ4v) is 6.35. The zero-order chi connectivity index (χ0) is 30.3.